The van der Waals surface area contributed by atoms with Crippen LogP contribution in [0.4, 0.5) is 0 Å². The zero-order chi connectivity index (χ0) is 24.0. The molecule has 0 fully saturated rings. The number of rotatable bonds is 8. The number of fused-ring (bicyclic) bond motifs is 1. The molecule has 8 nitrogen and oxygen atoms in total. The van der Waals surface area contributed by atoms with Crippen molar-refractivity contribution in [2.75, 3.05) is 0 Å². The van der Waals surface area contributed by atoms with Crippen LogP contribution in [0.1, 0.15) is 16.8 Å². The molecule has 0 spiro atoms. The Kier molecular flexibility index (Phi) is 6.34. The molecule has 0 aliphatic heterocycles. The minimum Gasteiger partial charge on any atom is -0.486 e. The van der Waals surface area contributed by atoms with E-state index >= 15 is 0 Å². The maximum Gasteiger partial charge on any atom is 0.339 e. The summed E-state index contributed by atoms with van der Waals surface area (Å²) in [5.41, 5.74) is 3.36. The van der Waals surface area contributed by atoms with E-state index in [0.29, 0.717) is 35.4 Å². The largest absolute Gasteiger partial charge is 0.486 e. The number of nitrogens with one attached hydrogen (secondary N) is 1. The number of ether oxygens (including phenoxy) is 1. The molecule has 0 bridgehead atoms. The summed E-state index contributed by atoms with van der Waals surface area (Å²) in [5.74, 6) is 0.394. The van der Waals surface area contributed by atoms with Crippen molar-refractivity contribution in [3.05, 3.63) is 118 Å². The molecule has 0 atom stereocenters. The van der Waals surface area contributed by atoms with E-state index in [9.17, 15) is 9.59 Å². The zero-order valence-electron chi connectivity index (χ0n) is 18.8. The van der Waals surface area contributed by atoms with Gasteiger partial charge in [-0.2, -0.15) is 0 Å². The van der Waals surface area contributed by atoms with Gasteiger partial charge in [0.15, 0.2) is 0 Å². The molecule has 0 radical (unpaired) electrons. The first kappa shape index (κ1) is 22.1. The lowest BCUT2D eigenvalue weighted by molar-refractivity contribution is -0.120. The summed E-state index contributed by atoms with van der Waals surface area (Å²) in [6.07, 6.45) is 2.05. The summed E-state index contributed by atoms with van der Waals surface area (Å²) in [5, 5.41) is 12.0. The van der Waals surface area contributed by atoms with E-state index in [-0.39, 0.29) is 12.5 Å². The van der Waals surface area contributed by atoms with E-state index in [2.05, 4.69) is 15.6 Å². The van der Waals surface area contributed by atoms with Gasteiger partial charge in [0.1, 0.15) is 23.6 Å². The number of carbonyl (C=O) groups excluding carboxylic acids is 1. The van der Waals surface area contributed by atoms with Crippen molar-refractivity contribution in [2.24, 2.45) is 0 Å². The predicted molar refractivity (Wildman–Crippen MR) is 130 cm³/mol. The summed E-state index contributed by atoms with van der Waals surface area (Å²) in [4.78, 5) is 24.1. The molecular weight excluding hydrogens is 444 g/mol. The van der Waals surface area contributed by atoms with Crippen molar-refractivity contribution in [1.82, 2.24) is 20.3 Å². The smallest absolute Gasteiger partial charge is 0.339 e. The van der Waals surface area contributed by atoms with E-state index in [1.54, 1.807) is 23.0 Å². The van der Waals surface area contributed by atoms with E-state index in [4.69, 9.17) is 9.15 Å². The Morgan fingerprint density at radius 3 is 2.54 bits per heavy atom. The number of aromatic nitrogens is 3. The van der Waals surface area contributed by atoms with Crippen LogP contribution >= 0.6 is 0 Å². The van der Waals surface area contributed by atoms with Gasteiger partial charge < -0.3 is 14.5 Å². The maximum absolute atomic E-state index is 12.3. The van der Waals surface area contributed by atoms with E-state index in [1.165, 1.54) is 6.07 Å². The van der Waals surface area contributed by atoms with Crippen LogP contribution in [-0.4, -0.2) is 20.9 Å². The first-order valence-corrected chi connectivity index (χ1v) is 11.1. The van der Waals surface area contributed by atoms with E-state index < -0.39 is 5.63 Å². The zero-order valence-corrected chi connectivity index (χ0v) is 18.8. The molecule has 174 valence electrons. The van der Waals surface area contributed by atoms with Crippen LogP contribution in [0.25, 0.3) is 16.7 Å². The number of hydrogen-bond donors (Lipinski definition) is 1. The molecule has 5 aromatic rings. The van der Waals surface area contributed by atoms with Gasteiger partial charge in [0.05, 0.1) is 29.8 Å². The highest BCUT2D eigenvalue weighted by Crippen LogP contribution is 2.24. The van der Waals surface area contributed by atoms with Crippen LogP contribution < -0.4 is 15.7 Å². The summed E-state index contributed by atoms with van der Waals surface area (Å²) in [6.45, 7) is 0.651. The topological polar surface area (TPSA) is 99.2 Å². The number of nitrogens with zero attached hydrogens (tertiary/aromatic N) is 3. The molecule has 0 aliphatic carbocycles. The second-order valence-electron chi connectivity index (χ2n) is 7.97. The van der Waals surface area contributed by atoms with Gasteiger partial charge in [0.2, 0.25) is 5.91 Å². The Morgan fingerprint density at radius 1 is 0.943 bits per heavy atom. The van der Waals surface area contributed by atoms with Gasteiger partial charge in [-0.15, -0.1) is 5.10 Å². The third-order valence-corrected chi connectivity index (χ3v) is 5.43. The number of carbonyl (C=O) groups is 1. The molecule has 0 saturated heterocycles. The van der Waals surface area contributed by atoms with Crippen molar-refractivity contribution in [3.8, 4) is 11.4 Å². The Morgan fingerprint density at radius 2 is 1.71 bits per heavy atom. The van der Waals surface area contributed by atoms with Crippen molar-refractivity contribution in [2.45, 2.75) is 19.6 Å². The van der Waals surface area contributed by atoms with Gasteiger partial charge in [0, 0.05) is 6.54 Å². The fraction of sp³-hybridized carbons (Fsp3) is 0.111. The molecule has 3 aromatic carbocycles. The van der Waals surface area contributed by atoms with Crippen LogP contribution in [0, 0.1) is 0 Å². The lowest BCUT2D eigenvalue weighted by atomic mass is 10.1. The lowest BCUT2D eigenvalue weighted by Crippen LogP contribution is -2.24. The van der Waals surface area contributed by atoms with Gasteiger partial charge in [-0.1, -0.05) is 59.8 Å². The maximum atomic E-state index is 12.3. The summed E-state index contributed by atoms with van der Waals surface area (Å²) >= 11 is 0. The van der Waals surface area contributed by atoms with Crippen LogP contribution in [0.5, 0.6) is 5.75 Å². The predicted octanol–water partition coefficient (Wildman–Crippen LogP) is 3.81. The minimum absolute atomic E-state index is 0.0377. The minimum atomic E-state index is -0.476. The molecular formula is C27H22N4O4. The Balaban J connectivity index is 1.19. The van der Waals surface area contributed by atoms with E-state index in [0.717, 1.165) is 16.8 Å². The quantitative estimate of drug-likeness (QED) is 0.349. The molecule has 2 aromatic heterocycles. The van der Waals surface area contributed by atoms with Crippen molar-refractivity contribution >= 4 is 16.9 Å². The number of para-hydroxylation sites is 1. The van der Waals surface area contributed by atoms with E-state index in [1.807, 2.05) is 66.7 Å². The van der Waals surface area contributed by atoms with Gasteiger partial charge in [-0.05, 0) is 35.4 Å². The molecule has 1 amide bonds. The van der Waals surface area contributed by atoms with Crippen molar-refractivity contribution in [3.63, 3.8) is 0 Å². The lowest BCUT2D eigenvalue weighted by Gasteiger charge is -2.07. The summed E-state index contributed by atoms with van der Waals surface area (Å²) < 4.78 is 12.7. The average Bonchev–Trinajstić information content (AvgIpc) is 3.36. The number of amides is 1. The van der Waals surface area contributed by atoms with Gasteiger partial charge >= 0.3 is 5.63 Å². The summed E-state index contributed by atoms with van der Waals surface area (Å²) in [6, 6.07) is 25.9. The van der Waals surface area contributed by atoms with Crippen LogP contribution in [0.2, 0.25) is 0 Å². The third kappa shape index (κ3) is 5.44. The molecule has 0 aliphatic rings. The van der Waals surface area contributed by atoms with Gasteiger partial charge in [0.25, 0.3) is 0 Å². The Bertz CT molecular complexity index is 1510. The van der Waals surface area contributed by atoms with Gasteiger partial charge in [-0.25, -0.2) is 9.48 Å². The second-order valence-corrected chi connectivity index (χ2v) is 7.97. The fourth-order valence-electron chi connectivity index (χ4n) is 3.65. The molecule has 0 unspecified atom stereocenters. The monoisotopic (exact) mass is 466 g/mol. The second kappa shape index (κ2) is 10.0. The fourth-order valence-corrected chi connectivity index (χ4v) is 3.65. The van der Waals surface area contributed by atoms with Gasteiger partial charge in [-0.3, -0.25) is 4.79 Å². The third-order valence-electron chi connectivity index (χ3n) is 5.43. The van der Waals surface area contributed by atoms with Crippen molar-refractivity contribution in [1.29, 1.82) is 0 Å². The van der Waals surface area contributed by atoms with Crippen LogP contribution in [-0.2, 0) is 24.4 Å². The van der Waals surface area contributed by atoms with Crippen LogP contribution in [0.3, 0.4) is 0 Å². The Hall–Kier alpha value is -4.72. The average molecular weight is 466 g/mol. The molecule has 2 heterocycles. The SMILES string of the molecule is O=C(Cc1ccc(-n2cc(COc3cc(=O)oc4ccccc34)nn2)cc1)NCc1ccccc1. The summed E-state index contributed by atoms with van der Waals surface area (Å²) in [7, 11) is 0. The highest BCUT2D eigenvalue weighted by Gasteiger charge is 2.09. The molecule has 8 heteroatoms. The molecule has 1 N–H and O–H groups in total. The molecule has 35 heavy (non-hydrogen) atoms. The number of hydrogen-bond acceptors (Lipinski definition) is 6. The molecule has 5 rings (SSSR count). The highest BCUT2D eigenvalue weighted by atomic mass is 16.5. The first-order valence-electron chi connectivity index (χ1n) is 11.1. The Labute approximate surface area is 200 Å². The van der Waals surface area contributed by atoms with Crippen molar-refractivity contribution < 1.29 is 13.9 Å². The first-order chi connectivity index (χ1) is 17.1. The van der Waals surface area contributed by atoms with Crippen LogP contribution in [0.15, 0.2) is 100 Å². The standard InChI is InChI=1S/C27H22N4O4/c32-26(28-16-20-6-2-1-3-7-20)14-19-10-12-22(13-11-19)31-17-21(29-30-31)18-34-25-15-27(33)35-24-9-5-4-8-23(24)25/h1-13,15,17H,14,16,18H2,(H,28,32). The highest BCUT2D eigenvalue weighted by molar-refractivity contribution is 5.82. The molecule has 0 saturated carbocycles. The normalized spacial score (nSPS) is 10.9. The number of benzene rings is 3.